The highest BCUT2D eigenvalue weighted by Crippen LogP contribution is 2.35. The van der Waals surface area contributed by atoms with Crippen molar-refractivity contribution in [3.63, 3.8) is 0 Å². The predicted molar refractivity (Wildman–Crippen MR) is 90.7 cm³/mol. The lowest BCUT2D eigenvalue weighted by molar-refractivity contribution is 0.572. The number of aryl methyl sites for hydroxylation is 1. The fourth-order valence-corrected chi connectivity index (χ4v) is 3.81. The summed E-state index contributed by atoms with van der Waals surface area (Å²) in [6.45, 7) is 6.52. The summed E-state index contributed by atoms with van der Waals surface area (Å²) in [5.74, 6) is 0. The van der Waals surface area contributed by atoms with Gasteiger partial charge in [-0.25, -0.2) is 9.50 Å². The summed E-state index contributed by atoms with van der Waals surface area (Å²) in [5, 5.41) is 9.17. The molecule has 4 rings (SSSR count). The first-order valence-electron chi connectivity index (χ1n) is 7.72. The molecule has 0 radical (unpaired) electrons. The normalized spacial score (nSPS) is 17.9. The minimum atomic E-state index is 0.0609. The van der Waals surface area contributed by atoms with Crippen molar-refractivity contribution in [1.29, 1.82) is 0 Å². The molecule has 0 saturated carbocycles. The highest BCUT2D eigenvalue weighted by atomic mass is 32.1. The van der Waals surface area contributed by atoms with Gasteiger partial charge in [0.15, 0.2) is 0 Å². The molecule has 2 heterocycles. The van der Waals surface area contributed by atoms with Crippen molar-refractivity contribution in [3.8, 4) is 0 Å². The molecule has 2 aromatic heterocycles. The van der Waals surface area contributed by atoms with Crippen LogP contribution in [0.4, 0.5) is 5.13 Å². The van der Waals surface area contributed by atoms with Gasteiger partial charge in [0.1, 0.15) is 0 Å². The smallest absolute Gasteiger partial charge is 0.214 e. The van der Waals surface area contributed by atoms with Gasteiger partial charge in [0, 0.05) is 5.41 Å². The van der Waals surface area contributed by atoms with Crippen LogP contribution in [0.25, 0.3) is 4.96 Å². The first-order valence-corrected chi connectivity index (χ1v) is 8.53. The van der Waals surface area contributed by atoms with Crippen LogP contribution < -0.4 is 5.32 Å². The Bertz CT molecular complexity index is 793. The summed E-state index contributed by atoms with van der Waals surface area (Å²) in [6, 6.07) is 9.04. The summed E-state index contributed by atoms with van der Waals surface area (Å²) >= 11 is 1.63. The zero-order valence-corrected chi connectivity index (χ0v) is 13.9. The summed E-state index contributed by atoms with van der Waals surface area (Å²) in [7, 11) is 0. The molecule has 0 unspecified atom stereocenters. The first-order chi connectivity index (χ1) is 10.5. The van der Waals surface area contributed by atoms with Crippen molar-refractivity contribution in [2.45, 2.75) is 45.1 Å². The Labute approximate surface area is 134 Å². The average molecular weight is 312 g/mol. The number of rotatable bonds is 2. The molecular formula is C17H20N4S. The number of anilines is 1. The second-order valence-electron chi connectivity index (χ2n) is 6.94. The van der Waals surface area contributed by atoms with Crippen molar-refractivity contribution >= 4 is 21.4 Å². The summed E-state index contributed by atoms with van der Waals surface area (Å²) in [4.78, 5) is 5.66. The molecule has 114 valence electrons. The fourth-order valence-electron chi connectivity index (χ4n) is 2.98. The van der Waals surface area contributed by atoms with Gasteiger partial charge in [-0.05, 0) is 24.0 Å². The predicted octanol–water partition coefficient (Wildman–Crippen LogP) is 4.19. The van der Waals surface area contributed by atoms with Gasteiger partial charge in [-0.15, -0.1) is 5.10 Å². The topological polar surface area (TPSA) is 42.2 Å². The average Bonchev–Trinajstić information content (AvgIpc) is 3.11. The highest BCUT2D eigenvalue weighted by molar-refractivity contribution is 7.20. The minimum absolute atomic E-state index is 0.0609. The molecule has 3 aromatic rings. The van der Waals surface area contributed by atoms with Crippen LogP contribution in [-0.2, 0) is 11.8 Å². The number of benzene rings is 1. The van der Waals surface area contributed by atoms with Crippen molar-refractivity contribution in [2.75, 3.05) is 5.32 Å². The lowest BCUT2D eigenvalue weighted by atomic mass is 9.93. The number of fused-ring (bicyclic) bond motifs is 2. The van der Waals surface area contributed by atoms with Gasteiger partial charge >= 0.3 is 0 Å². The molecule has 1 atom stereocenters. The molecule has 0 aliphatic heterocycles. The van der Waals surface area contributed by atoms with Crippen molar-refractivity contribution in [2.24, 2.45) is 0 Å². The SMILES string of the molecule is CC(C)(C)c1cn2nc(N[C@H]3CCc4ccccc43)sc2n1. The second kappa shape index (κ2) is 4.81. The van der Waals surface area contributed by atoms with Crippen LogP contribution in [0.15, 0.2) is 30.5 Å². The Kier molecular flexibility index (Phi) is 3.01. The Morgan fingerprint density at radius 3 is 2.86 bits per heavy atom. The van der Waals surface area contributed by atoms with Crippen molar-refractivity contribution in [1.82, 2.24) is 14.6 Å². The molecule has 0 bridgehead atoms. The number of hydrogen-bond acceptors (Lipinski definition) is 4. The van der Waals surface area contributed by atoms with E-state index in [4.69, 9.17) is 4.98 Å². The van der Waals surface area contributed by atoms with Gasteiger partial charge < -0.3 is 5.32 Å². The Hall–Kier alpha value is -1.88. The number of nitrogens with zero attached hydrogens (tertiary/aromatic N) is 3. The number of hydrogen-bond donors (Lipinski definition) is 1. The van der Waals surface area contributed by atoms with E-state index in [1.54, 1.807) is 11.3 Å². The zero-order chi connectivity index (χ0) is 15.3. The highest BCUT2D eigenvalue weighted by Gasteiger charge is 2.24. The quantitative estimate of drug-likeness (QED) is 0.771. The van der Waals surface area contributed by atoms with E-state index in [1.807, 2.05) is 10.7 Å². The van der Waals surface area contributed by atoms with E-state index in [-0.39, 0.29) is 5.41 Å². The van der Waals surface area contributed by atoms with Crippen LogP contribution >= 0.6 is 11.3 Å². The Morgan fingerprint density at radius 1 is 1.27 bits per heavy atom. The van der Waals surface area contributed by atoms with Crippen molar-refractivity contribution < 1.29 is 0 Å². The first kappa shape index (κ1) is 13.8. The third kappa shape index (κ3) is 2.29. The summed E-state index contributed by atoms with van der Waals surface area (Å²) in [6.07, 6.45) is 4.32. The van der Waals surface area contributed by atoms with Gasteiger partial charge in [-0.2, -0.15) is 0 Å². The molecule has 0 saturated heterocycles. The van der Waals surface area contributed by atoms with Crippen LogP contribution in [0.1, 0.15) is 50.1 Å². The molecule has 1 N–H and O–H groups in total. The van der Waals surface area contributed by atoms with E-state index in [1.165, 1.54) is 11.1 Å². The van der Waals surface area contributed by atoms with E-state index in [9.17, 15) is 0 Å². The lowest BCUT2D eigenvalue weighted by Crippen LogP contribution is -2.11. The largest absolute Gasteiger partial charge is 0.353 e. The third-order valence-corrected chi connectivity index (χ3v) is 5.10. The fraction of sp³-hybridized carbons (Fsp3) is 0.412. The van der Waals surface area contributed by atoms with E-state index in [2.05, 4.69) is 55.5 Å². The van der Waals surface area contributed by atoms with Crippen LogP contribution in [-0.4, -0.2) is 14.6 Å². The molecule has 0 fully saturated rings. The van der Waals surface area contributed by atoms with E-state index < -0.39 is 0 Å². The Morgan fingerprint density at radius 2 is 2.09 bits per heavy atom. The zero-order valence-electron chi connectivity index (χ0n) is 13.1. The molecular weight excluding hydrogens is 292 g/mol. The van der Waals surface area contributed by atoms with Gasteiger partial charge in [-0.3, -0.25) is 0 Å². The standard InChI is InChI=1S/C17H20N4S/c1-17(2,3)14-10-21-16(19-14)22-15(20-21)18-13-9-8-11-6-4-5-7-12(11)13/h4-7,10,13H,8-9H2,1-3H3,(H,18,20)/t13-/m0/s1. The van der Waals surface area contributed by atoms with Gasteiger partial charge in [0.05, 0.1) is 17.9 Å². The molecule has 5 heteroatoms. The monoisotopic (exact) mass is 312 g/mol. The number of nitrogens with one attached hydrogen (secondary N) is 1. The maximum atomic E-state index is 4.70. The van der Waals surface area contributed by atoms with Crippen LogP contribution in [0, 0.1) is 0 Å². The van der Waals surface area contributed by atoms with Gasteiger partial charge in [0.2, 0.25) is 10.1 Å². The van der Waals surface area contributed by atoms with E-state index in [0.29, 0.717) is 6.04 Å². The molecule has 1 aromatic carbocycles. The Balaban J connectivity index is 1.59. The third-order valence-electron chi connectivity index (χ3n) is 4.24. The maximum absolute atomic E-state index is 4.70. The van der Waals surface area contributed by atoms with Gasteiger partial charge in [-0.1, -0.05) is 56.4 Å². The molecule has 1 aliphatic rings. The summed E-state index contributed by atoms with van der Waals surface area (Å²) < 4.78 is 1.90. The second-order valence-corrected chi connectivity index (χ2v) is 7.90. The molecule has 1 aliphatic carbocycles. The van der Waals surface area contributed by atoms with Crippen LogP contribution in [0.3, 0.4) is 0 Å². The molecule has 4 nitrogen and oxygen atoms in total. The lowest BCUT2D eigenvalue weighted by Gasteiger charge is -2.14. The minimum Gasteiger partial charge on any atom is -0.353 e. The maximum Gasteiger partial charge on any atom is 0.214 e. The molecule has 0 spiro atoms. The van der Waals surface area contributed by atoms with Crippen LogP contribution in [0.5, 0.6) is 0 Å². The van der Waals surface area contributed by atoms with E-state index in [0.717, 1.165) is 28.6 Å². The van der Waals surface area contributed by atoms with Crippen molar-refractivity contribution in [3.05, 3.63) is 47.3 Å². The summed E-state index contributed by atoms with van der Waals surface area (Å²) in [5.41, 5.74) is 4.01. The van der Waals surface area contributed by atoms with E-state index >= 15 is 0 Å². The number of imidazole rings is 1. The molecule has 22 heavy (non-hydrogen) atoms. The van der Waals surface area contributed by atoms with Crippen LogP contribution in [0.2, 0.25) is 0 Å². The molecule has 0 amide bonds. The number of aromatic nitrogens is 3. The van der Waals surface area contributed by atoms with Gasteiger partial charge in [0.25, 0.3) is 0 Å².